The molecule has 0 radical (unpaired) electrons. The molecule has 0 saturated heterocycles. The topological polar surface area (TPSA) is 56.7 Å². The Balaban J connectivity index is 2.31. The summed E-state index contributed by atoms with van der Waals surface area (Å²) in [4.78, 5) is 4.38. The van der Waals surface area contributed by atoms with Crippen LogP contribution in [0.3, 0.4) is 0 Å². The van der Waals surface area contributed by atoms with Crippen molar-refractivity contribution in [2.75, 3.05) is 6.54 Å². The lowest BCUT2D eigenvalue weighted by molar-refractivity contribution is 0.764. The van der Waals surface area contributed by atoms with E-state index in [4.69, 9.17) is 5.73 Å². The zero-order valence-electron chi connectivity index (χ0n) is 9.64. The Bertz CT molecular complexity index is 470. The Kier molecular flexibility index (Phi) is 3.01. The van der Waals surface area contributed by atoms with Crippen LogP contribution in [0.25, 0.3) is 11.4 Å². The van der Waals surface area contributed by atoms with Crippen molar-refractivity contribution in [2.24, 2.45) is 12.8 Å². The zero-order valence-corrected chi connectivity index (χ0v) is 9.64. The minimum Gasteiger partial charge on any atom is -0.330 e. The molecule has 0 aliphatic rings. The van der Waals surface area contributed by atoms with Crippen LogP contribution in [0.2, 0.25) is 0 Å². The summed E-state index contributed by atoms with van der Waals surface area (Å²) in [5.74, 6) is 1.69. The third kappa shape index (κ3) is 2.12. The Labute approximate surface area is 95.1 Å². The van der Waals surface area contributed by atoms with Gasteiger partial charge in [-0.25, -0.2) is 9.67 Å². The summed E-state index contributed by atoms with van der Waals surface area (Å²) in [5, 5.41) is 4.23. The fourth-order valence-electron chi connectivity index (χ4n) is 1.75. The fourth-order valence-corrected chi connectivity index (χ4v) is 1.75. The Morgan fingerprint density at radius 1 is 1.25 bits per heavy atom. The molecular weight excluding hydrogens is 200 g/mol. The van der Waals surface area contributed by atoms with Crippen LogP contribution in [0.4, 0.5) is 0 Å². The highest BCUT2D eigenvalue weighted by Crippen LogP contribution is 2.17. The number of aromatic nitrogens is 3. The molecule has 2 rings (SSSR count). The molecule has 1 heterocycles. The number of nitrogens with two attached hydrogens (primary N) is 1. The van der Waals surface area contributed by atoms with Crippen molar-refractivity contribution in [3.8, 4) is 11.4 Å². The van der Waals surface area contributed by atoms with Gasteiger partial charge in [0.1, 0.15) is 5.82 Å². The Hall–Kier alpha value is -1.68. The second-order valence-corrected chi connectivity index (χ2v) is 3.84. The first kappa shape index (κ1) is 10.8. The minimum atomic E-state index is 0.683. The highest BCUT2D eigenvalue weighted by molar-refractivity contribution is 5.55. The van der Waals surface area contributed by atoms with Gasteiger partial charge in [-0.1, -0.05) is 24.3 Å². The number of nitrogens with zero attached hydrogens (tertiary/aromatic N) is 3. The molecule has 0 aliphatic carbocycles. The first-order chi connectivity index (χ1) is 7.70. The van der Waals surface area contributed by atoms with Gasteiger partial charge < -0.3 is 5.73 Å². The van der Waals surface area contributed by atoms with Crippen molar-refractivity contribution in [1.29, 1.82) is 0 Å². The molecule has 84 valence electrons. The first-order valence-corrected chi connectivity index (χ1v) is 5.37. The molecular formula is C12H16N4. The molecule has 0 atom stereocenters. The van der Waals surface area contributed by atoms with E-state index in [-0.39, 0.29) is 0 Å². The van der Waals surface area contributed by atoms with Crippen LogP contribution in [-0.2, 0) is 13.5 Å². The lowest BCUT2D eigenvalue weighted by atomic mass is 10.1. The zero-order chi connectivity index (χ0) is 11.5. The van der Waals surface area contributed by atoms with Gasteiger partial charge in [0.05, 0.1) is 0 Å². The van der Waals surface area contributed by atoms with E-state index in [2.05, 4.69) is 34.3 Å². The predicted octanol–water partition coefficient (Wildman–Crippen LogP) is 1.29. The molecule has 4 nitrogen and oxygen atoms in total. The molecule has 0 amide bonds. The van der Waals surface area contributed by atoms with Crippen LogP contribution >= 0.6 is 0 Å². The SMILES string of the molecule is Cc1nc(-c2ccc(CCN)cc2)n(C)n1. The van der Waals surface area contributed by atoms with E-state index in [1.165, 1.54) is 5.56 Å². The maximum Gasteiger partial charge on any atom is 0.158 e. The highest BCUT2D eigenvalue weighted by atomic mass is 15.3. The Morgan fingerprint density at radius 3 is 2.44 bits per heavy atom. The standard InChI is InChI=1S/C12H16N4/c1-9-14-12(16(2)15-9)11-5-3-10(4-6-11)7-8-13/h3-6H,7-8,13H2,1-2H3. The van der Waals surface area contributed by atoms with Crippen molar-refractivity contribution in [3.05, 3.63) is 35.7 Å². The van der Waals surface area contributed by atoms with Gasteiger partial charge in [0.2, 0.25) is 0 Å². The van der Waals surface area contributed by atoms with E-state index in [1.807, 2.05) is 14.0 Å². The predicted molar refractivity (Wildman–Crippen MR) is 63.9 cm³/mol. The van der Waals surface area contributed by atoms with E-state index in [0.717, 1.165) is 23.6 Å². The van der Waals surface area contributed by atoms with E-state index < -0.39 is 0 Å². The highest BCUT2D eigenvalue weighted by Gasteiger charge is 2.06. The van der Waals surface area contributed by atoms with Gasteiger partial charge >= 0.3 is 0 Å². The smallest absolute Gasteiger partial charge is 0.158 e. The van der Waals surface area contributed by atoms with Crippen LogP contribution in [0.1, 0.15) is 11.4 Å². The van der Waals surface area contributed by atoms with Gasteiger partial charge in [-0.2, -0.15) is 5.10 Å². The van der Waals surface area contributed by atoms with Crippen molar-refractivity contribution in [3.63, 3.8) is 0 Å². The fraction of sp³-hybridized carbons (Fsp3) is 0.333. The number of hydrogen-bond acceptors (Lipinski definition) is 3. The molecule has 0 unspecified atom stereocenters. The molecule has 4 heteroatoms. The quantitative estimate of drug-likeness (QED) is 0.841. The molecule has 1 aromatic heterocycles. The van der Waals surface area contributed by atoms with Crippen molar-refractivity contribution in [1.82, 2.24) is 14.8 Å². The van der Waals surface area contributed by atoms with E-state index in [1.54, 1.807) is 4.68 Å². The number of aryl methyl sites for hydroxylation is 2. The van der Waals surface area contributed by atoms with E-state index in [9.17, 15) is 0 Å². The van der Waals surface area contributed by atoms with Gasteiger partial charge in [-0.05, 0) is 25.5 Å². The second kappa shape index (κ2) is 4.45. The van der Waals surface area contributed by atoms with E-state index >= 15 is 0 Å². The van der Waals surface area contributed by atoms with Crippen LogP contribution in [-0.4, -0.2) is 21.3 Å². The van der Waals surface area contributed by atoms with E-state index in [0.29, 0.717) is 6.54 Å². The first-order valence-electron chi connectivity index (χ1n) is 5.37. The van der Waals surface area contributed by atoms with Gasteiger partial charge in [-0.15, -0.1) is 0 Å². The molecule has 16 heavy (non-hydrogen) atoms. The van der Waals surface area contributed by atoms with Crippen LogP contribution < -0.4 is 5.73 Å². The molecule has 0 bridgehead atoms. The number of benzene rings is 1. The Morgan fingerprint density at radius 2 is 1.94 bits per heavy atom. The summed E-state index contributed by atoms with van der Waals surface area (Å²) < 4.78 is 1.80. The van der Waals surface area contributed by atoms with Crippen LogP contribution in [0.5, 0.6) is 0 Å². The minimum absolute atomic E-state index is 0.683. The summed E-state index contributed by atoms with van der Waals surface area (Å²) in [6.07, 6.45) is 0.915. The maximum atomic E-state index is 5.51. The average Bonchev–Trinajstić information content (AvgIpc) is 2.59. The van der Waals surface area contributed by atoms with Crippen molar-refractivity contribution in [2.45, 2.75) is 13.3 Å². The lowest BCUT2D eigenvalue weighted by Crippen LogP contribution is -2.02. The lowest BCUT2D eigenvalue weighted by Gasteiger charge is -2.02. The molecule has 2 aromatic rings. The van der Waals surface area contributed by atoms with Gasteiger partial charge in [-0.3, -0.25) is 0 Å². The van der Waals surface area contributed by atoms with Gasteiger partial charge in [0.25, 0.3) is 0 Å². The van der Waals surface area contributed by atoms with Gasteiger partial charge in [0, 0.05) is 12.6 Å². The van der Waals surface area contributed by atoms with Crippen LogP contribution in [0.15, 0.2) is 24.3 Å². The molecule has 0 fully saturated rings. The summed E-state index contributed by atoms with van der Waals surface area (Å²) in [6, 6.07) is 8.31. The van der Waals surface area contributed by atoms with Gasteiger partial charge in [0.15, 0.2) is 5.82 Å². The normalized spacial score (nSPS) is 10.7. The average molecular weight is 216 g/mol. The van der Waals surface area contributed by atoms with Crippen molar-refractivity contribution < 1.29 is 0 Å². The molecule has 0 saturated carbocycles. The third-order valence-corrected chi connectivity index (χ3v) is 2.51. The summed E-state index contributed by atoms with van der Waals surface area (Å²) in [7, 11) is 1.91. The molecule has 0 aliphatic heterocycles. The number of rotatable bonds is 3. The third-order valence-electron chi connectivity index (χ3n) is 2.51. The molecule has 0 spiro atoms. The summed E-state index contributed by atoms with van der Waals surface area (Å²) in [6.45, 7) is 2.58. The summed E-state index contributed by atoms with van der Waals surface area (Å²) in [5.41, 5.74) is 7.85. The largest absolute Gasteiger partial charge is 0.330 e. The second-order valence-electron chi connectivity index (χ2n) is 3.84. The van der Waals surface area contributed by atoms with Crippen LogP contribution in [0, 0.1) is 6.92 Å². The molecule has 2 N–H and O–H groups in total. The number of hydrogen-bond donors (Lipinski definition) is 1. The summed E-state index contributed by atoms with van der Waals surface area (Å²) >= 11 is 0. The van der Waals surface area contributed by atoms with Crippen molar-refractivity contribution >= 4 is 0 Å². The molecule has 1 aromatic carbocycles. The maximum absolute atomic E-state index is 5.51. The monoisotopic (exact) mass is 216 g/mol.